The summed E-state index contributed by atoms with van der Waals surface area (Å²) >= 11 is 0. The van der Waals surface area contributed by atoms with Crippen molar-refractivity contribution in [1.29, 1.82) is 0 Å². The number of hydrogen-bond donors (Lipinski definition) is 0. The molecule has 6 nitrogen and oxygen atoms in total. The molecule has 6 heteroatoms. The maximum atomic E-state index is 12.1. The topological polar surface area (TPSA) is 60.1 Å². The highest BCUT2D eigenvalue weighted by molar-refractivity contribution is 5.11. The van der Waals surface area contributed by atoms with Gasteiger partial charge in [-0.05, 0) is 11.6 Å². The standard InChI is InChI=1S/C19H26N4O2/c1-19(2,3)16-6-8-18(25)23(20-16)13-15-11-22(12-15)10-14-5-7-17(24)21(4)9-14/h5-9,15H,10-13H2,1-4H3. The Morgan fingerprint density at radius 3 is 2.40 bits per heavy atom. The first kappa shape index (κ1) is 17.6. The summed E-state index contributed by atoms with van der Waals surface area (Å²) in [7, 11) is 1.77. The van der Waals surface area contributed by atoms with E-state index in [-0.39, 0.29) is 16.5 Å². The van der Waals surface area contributed by atoms with Crippen LogP contribution >= 0.6 is 0 Å². The third kappa shape index (κ3) is 4.07. The summed E-state index contributed by atoms with van der Waals surface area (Å²) < 4.78 is 3.21. The molecule has 2 aromatic rings. The molecule has 25 heavy (non-hydrogen) atoms. The van der Waals surface area contributed by atoms with Crippen LogP contribution in [0, 0.1) is 5.92 Å². The fourth-order valence-corrected chi connectivity index (χ4v) is 3.15. The summed E-state index contributed by atoms with van der Waals surface area (Å²) in [6.45, 7) is 9.67. The Morgan fingerprint density at radius 2 is 1.76 bits per heavy atom. The number of nitrogens with zero attached hydrogens (tertiary/aromatic N) is 4. The van der Waals surface area contributed by atoms with Gasteiger partial charge in [-0.3, -0.25) is 14.5 Å². The summed E-state index contributed by atoms with van der Waals surface area (Å²) in [6, 6.07) is 6.93. The van der Waals surface area contributed by atoms with Gasteiger partial charge in [-0.25, -0.2) is 4.68 Å². The fourth-order valence-electron chi connectivity index (χ4n) is 3.15. The summed E-state index contributed by atoms with van der Waals surface area (Å²) in [5.74, 6) is 0.438. The van der Waals surface area contributed by atoms with E-state index in [9.17, 15) is 9.59 Å². The number of rotatable bonds is 4. The quantitative estimate of drug-likeness (QED) is 0.842. The lowest BCUT2D eigenvalue weighted by atomic mass is 9.92. The van der Waals surface area contributed by atoms with Gasteiger partial charge in [0.05, 0.1) is 12.2 Å². The Kier molecular flexibility index (Phi) is 4.64. The molecule has 0 spiro atoms. The molecule has 3 rings (SSSR count). The molecular formula is C19H26N4O2. The van der Waals surface area contributed by atoms with Gasteiger partial charge in [0.2, 0.25) is 5.56 Å². The van der Waals surface area contributed by atoms with Gasteiger partial charge in [-0.15, -0.1) is 0 Å². The molecule has 0 bridgehead atoms. The van der Waals surface area contributed by atoms with Gasteiger partial charge in [-0.2, -0.15) is 5.10 Å². The molecule has 0 radical (unpaired) electrons. The van der Waals surface area contributed by atoms with Crippen molar-refractivity contribution in [2.45, 2.75) is 39.3 Å². The molecule has 2 aromatic heterocycles. The maximum Gasteiger partial charge on any atom is 0.266 e. The fraction of sp³-hybridized carbons (Fsp3) is 0.526. The number of pyridine rings is 1. The zero-order chi connectivity index (χ0) is 18.2. The normalized spacial score (nSPS) is 16.0. The Morgan fingerprint density at radius 1 is 1.08 bits per heavy atom. The molecule has 3 heterocycles. The zero-order valence-corrected chi connectivity index (χ0v) is 15.4. The lowest BCUT2D eigenvalue weighted by Gasteiger charge is -2.39. The third-order valence-electron chi connectivity index (χ3n) is 4.65. The van der Waals surface area contributed by atoms with Crippen LogP contribution in [0.15, 0.2) is 40.1 Å². The Balaban J connectivity index is 1.59. The summed E-state index contributed by atoms with van der Waals surface area (Å²) in [4.78, 5) is 25.8. The smallest absolute Gasteiger partial charge is 0.266 e. The largest absolute Gasteiger partial charge is 0.318 e. The number of aryl methyl sites for hydroxylation is 1. The van der Waals surface area contributed by atoms with Crippen LogP contribution in [0.4, 0.5) is 0 Å². The first-order valence-electron chi connectivity index (χ1n) is 8.69. The van der Waals surface area contributed by atoms with Crippen LogP contribution in [0.2, 0.25) is 0 Å². The summed E-state index contributed by atoms with van der Waals surface area (Å²) in [5, 5.41) is 4.54. The van der Waals surface area contributed by atoms with E-state index in [1.54, 1.807) is 28.4 Å². The van der Waals surface area contributed by atoms with Crippen molar-refractivity contribution in [3.8, 4) is 0 Å². The maximum absolute atomic E-state index is 12.1. The lowest BCUT2D eigenvalue weighted by molar-refractivity contribution is 0.0761. The molecule has 0 aromatic carbocycles. The monoisotopic (exact) mass is 342 g/mol. The summed E-state index contributed by atoms with van der Waals surface area (Å²) in [6.07, 6.45) is 1.88. The first-order valence-corrected chi connectivity index (χ1v) is 8.69. The average Bonchev–Trinajstić information content (AvgIpc) is 2.49. The van der Waals surface area contributed by atoms with E-state index < -0.39 is 0 Å². The highest BCUT2D eigenvalue weighted by atomic mass is 16.1. The SMILES string of the molecule is Cn1cc(CN2CC(Cn3nc(C(C)(C)C)ccc3=O)C2)ccc1=O. The Bertz CT molecular complexity index is 870. The van der Waals surface area contributed by atoms with Gasteiger partial charge >= 0.3 is 0 Å². The highest BCUT2D eigenvalue weighted by Gasteiger charge is 2.28. The van der Waals surface area contributed by atoms with Gasteiger partial charge in [0.15, 0.2) is 0 Å². The van der Waals surface area contributed by atoms with Crippen LogP contribution in [0.5, 0.6) is 0 Å². The minimum absolute atomic E-state index is 0.00872. The van der Waals surface area contributed by atoms with Crippen LogP contribution in [0.3, 0.4) is 0 Å². The van der Waals surface area contributed by atoms with Gasteiger partial charge in [-0.1, -0.05) is 26.8 Å². The zero-order valence-electron chi connectivity index (χ0n) is 15.4. The number of hydrogen-bond acceptors (Lipinski definition) is 4. The lowest BCUT2D eigenvalue weighted by Crippen LogP contribution is -2.49. The minimum atomic E-state index is -0.0651. The molecule has 0 N–H and O–H groups in total. The number of likely N-dealkylation sites (tertiary alicyclic amines) is 1. The van der Waals surface area contributed by atoms with Gasteiger partial charge < -0.3 is 4.57 Å². The molecule has 0 unspecified atom stereocenters. The Hall–Kier alpha value is -2.21. The van der Waals surface area contributed by atoms with Crippen molar-refractivity contribution in [1.82, 2.24) is 19.2 Å². The molecular weight excluding hydrogens is 316 g/mol. The third-order valence-corrected chi connectivity index (χ3v) is 4.65. The van der Waals surface area contributed by atoms with E-state index in [4.69, 9.17) is 0 Å². The second-order valence-electron chi connectivity index (χ2n) is 8.04. The van der Waals surface area contributed by atoms with Crippen molar-refractivity contribution in [2.75, 3.05) is 13.1 Å². The van der Waals surface area contributed by atoms with Gasteiger partial charge in [0.25, 0.3) is 5.56 Å². The van der Waals surface area contributed by atoms with E-state index in [2.05, 4.69) is 30.8 Å². The second kappa shape index (κ2) is 6.59. The van der Waals surface area contributed by atoms with Crippen molar-refractivity contribution in [2.24, 2.45) is 13.0 Å². The van der Waals surface area contributed by atoms with Crippen LogP contribution in [0.25, 0.3) is 0 Å². The molecule has 1 saturated heterocycles. The van der Waals surface area contributed by atoms with Crippen molar-refractivity contribution < 1.29 is 0 Å². The highest BCUT2D eigenvalue weighted by Crippen LogP contribution is 2.21. The van der Waals surface area contributed by atoms with Gasteiger partial charge in [0, 0.05) is 56.3 Å². The molecule has 0 saturated carbocycles. The molecule has 0 amide bonds. The van der Waals surface area contributed by atoms with Crippen LogP contribution < -0.4 is 11.1 Å². The predicted octanol–water partition coefficient (Wildman–Crippen LogP) is 1.37. The summed E-state index contributed by atoms with van der Waals surface area (Å²) in [5.41, 5.74) is 1.97. The van der Waals surface area contributed by atoms with Crippen molar-refractivity contribution in [3.63, 3.8) is 0 Å². The van der Waals surface area contributed by atoms with Crippen molar-refractivity contribution >= 4 is 0 Å². The molecule has 0 aliphatic carbocycles. The number of aromatic nitrogens is 3. The van der Waals surface area contributed by atoms with E-state index in [0.29, 0.717) is 12.5 Å². The van der Waals surface area contributed by atoms with Crippen molar-refractivity contribution in [3.05, 3.63) is 62.4 Å². The van der Waals surface area contributed by atoms with Crippen LogP contribution in [-0.2, 0) is 25.6 Å². The van der Waals surface area contributed by atoms with Gasteiger partial charge in [0.1, 0.15) is 0 Å². The van der Waals surface area contributed by atoms with Crippen LogP contribution in [-0.4, -0.2) is 32.3 Å². The predicted molar refractivity (Wildman–Crippen MR) is 97.6 cm³/mol. The first-order chi connectivity index (χ1) is 11.7. The van der Waals surface area contributed by atoms with E-state index in [1.807, 2.05) is 18.3 Å². The molecule has 1 fully saturated rings. The van der Waals surface area contributed by atoms with E-state index in [1.165, 1.54) is 0 Å². The second-order valence-corrected chi connectivity index (χ2v) is 8.04. The average molecular weight is 342 g/mol. The molecule has 0 atom stereocenters. The Labute approximate surface area is 147 Å². The molecule has 134 valence electrons. The van der Waals surface area contributed by atoms with E-state index >= 15 is 0 Å². The minimum Gasteiger partial charge on any atom is -0.318 e. The molecule has 1 aliphatic heterocycles. The molecule has 1 aliphatic rings. The van der Waals surface area contributed by atoms with E-state index in [0.717, 1.165) is 30.9 Å². The van der Waals surface area contributed by atoms with Crippen LogP contribution in [0.1, 0.15) is 32.0 Å².